The third-order valence-corrected chi connectivity index (χ3v) is 4.12. The van der Waals surface area contributed by atoms with Crippen LogP contribution in [0.15, 0.2) is 42.7 Å². The number of hydrogen-bond acceptors (Lipinski definition) is 2. The van der Waals surface area contributed by atoms with Gasteiger partial charge in [-0.3, -0.25) is 0 Å². The van der Waals surface area contributed by atoms with Gasteiger partial charge in [-0.25, -0.2) is 9.97 Å². The minimum atomic E-state index is 0.845. The molecule has 0 aliphatic heterocycles. The van der Waals surface area contributed by atoms with Gasteiger partial charge in [-0.05, 0) is 24.5 Å². The van der Waals surface area contributed by atoms with E-state index in [4.69, 9.17) is 0 Å². The maximum Gasteiger partial charge on any atom is 0.159 e. The van der Waals surface area contributed by atoms with E-state index in [0.717, 1.165) is 12.2 Å². The molecular formula is C20H28N2. The van der Waals surface area contributed by atoms with E-state index in [9.17, 15) is 0 Å². The predicted octanol–water partition coefficient (Wildman–Crippen LogP) is 5.83. The van der Waals surface area contributed by atoms with Gasteiger partial charge in [0.1, 0.15) is 0 Å². The van der Waals surface area contributed by atoms with Crippen molar-refractivity contribution in [2.24, 2.45) is 0 Å². The van der Waals surface area contributed by atoms with Gasteiger partial charge < -0.3 is 0 Å². The highest BCUT2D eigenvalue weighted by molar-refractivity contribution is 5.59. The van der Waals surface area contributed by atoms with Gasteiger partial charge in [0.15, 0.2) is 5.82 Å². The Bertz CT molecular complexity index is 522. The highest BCUT2D eigenvalue weighted by Gasteiger charge is 2.06. The first-order valence-electron chi connectivity index (χ1n) is 8.77. The van der Waals surface area contributed by atoms with Crippen LogP contribution >= 0.6 is 0 Å². The monoisotopic (exact) mass is 296 g/mol. The molecule has 0 bridgehead atoms. The third kappa shape index (κ3) is 5.59. The van der Waals surface area contributed by atoms with Crippen LogP contribution in [0.2, 0.25) is 0 Å². The summed E-state index contributed by atoms with van der Waals surface area (Å²) >= 11 is 0. The van der Waals surface area contributed by atoms with Gasteiger partial charge in [0, 0.05) is 18.0 Å². The lowest BCUT2D eigenvalue weighted by molar-refractivity contribution is 0.575. The molecular weight excluding hydrogens is 268 g/mol. The maximum atomic E-state index is 4.38. The largest absolute Gasteiger partial charge is 0.237 e. The first-order chi connectivity index (χ1) is 10.9. The maximum absolute atomic E-state index is 4.38. The van der Waals surface area contributed by atoms with Gasteiger partial charge in [-0.1, -0.05) is 76.1 Å². The fraction of sp³-hybridized carbons (Fsp3) is 0.500. The number of aromatic nitrogens is 2. The Hall–Kier alpha value is -1.70. The molecule has 0 radical (unpaired) electrons. The summed E-state index contributed by atoms with van der Waals surface area (Å²) in [6.07, 6.45) is 15.6. The van der Waals surface area contributed by atoms with E-state index in [1.807, 2.05) is 18.5 Å². The van der Waals surface area contributed by atoms with Gasteiger partial charge >= 0.3 is 0 Å². The molecule has 1 aromatic carbocycles. The van der Waals surface area contributed by atoms with Crippen molar-refractivity contribution in [2.45, 2.75) is 64.7 Å². The summed E-state index contributed by atoms with van der Waals surface area (Å²) in [7, 11) is 0. The zero-order valence-corrected chi connectivity index (χ0v) is 13.8. The molecule has 0 fully saturated rings. The van der Waals surface area contributed by atoms with Crippen LogP contribution in [0, 0.1) is 0 Å². The predicted molar refractivity (Wildman–Crippen MR) is 93.8 cm³/mol. The van der Waals surface area contributed by atoms with Crippen molar-refractivity contribution in [1.82, 2.24) is 9.97 Å². The summed E-state index contributed by atoms with van der Waals surface area (Å²) in [5.41, 5.74) is 2.56. The fourth-order valence-corrected chi connectivity index (χ4v) is 2.84. The molecule has 2 heteroatoms. The van der Waals surface area contributed by atoms with Crippen molar-refractivity contribution in [3.05, 3.63) is 48.3 Å². The number of benzene rings is 1. The second-order valence-corrected chi connectivity index (χ2v) is 5.95. The average molecular weight is 296 g/mol. The zero-order valence-electron chi connectivity index (χ0n) is 13.8. The molecule has 0 aliphatic rings. The van der Waals surface area contributed by atoms with Crippen molar-refractivity contribution in [3.63, 3.8) is 0 Å². The molecule has 0 N–H and O–H groups in total. The SMILES string of the molecule is CCCCCCCCCCc1ccccc1-c1ncccn1. The second-order valence-electron chi connectivity index (χ2n) is 5.95. The lowest BCUT2D eigenvalue weighted by Crippen LogP contribution is -1.94. The number of rotatable bonds is 10. The van der Waals surface area contributed by atoms with Crippen molar-refractivity contribution < 1.29 is 0 Å². The van der Waals surface area contributed by atoms with Crippen molar-refractivity contribution in [2.75, 3.05) is 0 Å². The van der Waals surface area contributed by atoms with E-state index in [0.29, 0.717) is 0 Å². The van der Waals surface area contributed by atoms with Crippen LogP contribution in [-0.4, -0.2) is 9.97 Å². The Morgan fingerprint density at radius 2 is 1.36 bits per heavy atom. The molecule has 0 saturated carbocycles. The second kappa shape index (κ2) is 10.1. The lowest BCUT2D eigenvalue weighted by Gasteiger charge is -2.08. The molecule has 1 heterocycles. The van der Waals surface area contributed by atoms with Crippen molar-refractivity contribution in [3.8, 4) is 11.4 Å². The van der Waals surface area contributed by atoms with Crippen LogP contribution in [0.1, 0.15) is 63.9 Å². The van der Waals surface area contributed by atoms with Gasteiger partial charge in [-0.15, -0.1) is 0 Å². The van der Waals surface area contributed by atoms with E-state index in [2.05, 4.69) is 41.2 Å². The summed E-state index contributed by atoms with van der Waals surface area (Å²) in [5, 5.41) is 0. The zero-order chi connectivity index (χ0) is 15.5. The van der Waals surface area contributed by atoms with E-state index in [1.165, 1.54) is 62.5 Å². The van der Waals surface area contributed by atoms with Gasteiger partial charge in [0.25, 0.3) is 0 Å². The lowest BCUT2D eigenvalue weighted by atomic mass is 9.99. The molecule has 0 saturated heterocycles. The summed E-state index contributed by atoms with van der Waals surface area (Å²) < 4.78 is 0. The van der Waals surface area contributed by atoms with E-state index >= 15 is 0 Å². The Balaban J connectivity index is 1.77. The van der Waals surface area contributed by atoms with Gasteiger partial charge in [0.2, 0.25) is 0 Å². The van der Waals surface area contributed by atoms with Gasteiger partial charge in [-0.2, -0.15) is 0 Å². The first kappa shape index (κ1) is 16.7. The Kier molecular flexibility index (Phi) is 7.65. The van der Waals surface area contributed by atoms with Crippen LogP contribution in [0.3, 0.4) is 0 Å². The Morgan fingerprint density at radius 1 is 0.727 bits per heavy atom. The fourth-order valence-electron chi connectivity index (χ4n) is 2.84. The van der Waals surface area contributed by atoms with Crippen LogP contribution in [0.4, 0.5) is 0 Å². The molecule has 1 aromatic heterocycles. The molecule has 0 unspecified atom stereocenters. The van der Waals surface area contributed by atoms with E-state index < -0.39 is 0 Å². The molecule has 22 heavy (non-hydrogen) atoms. The summed E-state index contributed by atoms with van der Waals surface area (Å²) in [6, 6.07) is 10.4. The number of aryl methyl sites for hydroxylation is 1. The molecule has 2 nitrogen and oxygen atoms in total. The highest BCUT2D eigenvalue weighted by Crippen LogP contribution is 2.21. The van der Waals surface area contributed by atoms with Crippen molar-refractivity contribution in [1.29, 1.82) is 0 Å². The summed E-state index contributed by atoms with van der Waals surface area (Å²) in [6.45, 7) is 2.27. The summed E-state index contributed by atoms with van der Waals surface area (Å²) in [4.78, 5) is 8.77. The topological polar surface area (TPSA) is 25.8 Å². The molecule has 118 valence electrons. The highest BCUT2D eigenvalue weighted by atomic mass is 14.8. The molecule has 0 spiro atoms. The third-order valence-electron chi connectivity index (χ3n) is 4.12. The number of unbranched alkanes of at least 4 members (excludes halogenated alkanes) is 7. The number of nitrogens with zero attached hydrogens (tertiary/aromatic N) is 2. The summed E-state index contributed by atoms with van der Waals surface area (Å²) in [5.74, 6) is 0.845. The molecule has 0 amide bonds. The van der Waals surface area contributed by atoms with Crippen LogP contribution < -0.4 is 0 Å². The smallest absolute Gasteiger partial charge is 0.159 e. The van der Waals surface area contributed by atoms with Gasteiger partial charge in [0.05, 0.1) is 0 Å². The van der Waals surface area contributed by atoms with E-state index in [1.54, 1.807) is 0 Å². The quantitative estimate of drug-likeness (QED) is 0.516. The standard InChI is InChI=1S/C20H28N2/c1-2-3-4-5-6-7-8-9-13-18-14-10-11-15-19(18)20-21-16-12-17-22-20/h10-12,14-17H,2-9,13H2,1H3. The number of hydrogen-bond donors (Lipinski definition) is 0. The molecule has 2 rings (SSSR count). The van der Waals surface area contributed by atoms with E-state index in [-0.39, 0.29) is 0 Å². The Morgan fingerprint density at radius 3 is 2.09 bits per heavy atom. The normalized spacial score (nSPS) is 10.8. The van der Waals surface area contributed by atoms with Crippen LogP contribution in [-0.2, 0) is 6.42 Å². The molecule has 2 aromatic rings. The molecule has 0 atom stereocenters. The van der Waals surface area contributed by atoms with Crippen molar-refractivity contribution >= 4 is 0 Å². The minimum Gasteiger partial charge on any atom is -0.237 e. The first-order valence-corrected chi connectivity index (χ1v) is 8.77. The van der Waals surface area contributed by atoms with Crippen LogP contribution in [0.5, 0.6) is 0 Å². The Labute approximate surface area is 135 Å². The average Bonchev–Trinajstić information content (AvgIpc) is 2.58. The van der Waals surface area contributed by atoms with Crippen LogP contribution in [0.25, 0.3) is 11.4 Å². The minimum absolute atomic E-state index is 0.845. The molecule has 0 aliphatic carbocycles.